The summed E-state index contributed by atoms with van der Waals surface area (Å²) < 4.78 is 4.99. The van der Waals surface area contributed by atoms with E-state index in [-0.39, 0.29) is 0 Å². The number of primary amides is 1. The summed E-state index contributed by atoms with van der Waals surface area (Å²) >= 11 is 0. The van der Waals surface area contributed by atoms with Crippen LogP contribution in [-0.4, -0.2) is 26.2 Å². The van der Waals surface area contributed by atoms with Crippen molar-refractivity contribution in [2.24, 2.45) is 5.73 Å². The Morgan fingerprint density at radius 3 is 2.57 bits per heavy atom. The van der Waals surface area contributed by atoms with Gasteiger partial charge in [0.25, 0.3) is 0 Å². The second-order valence-corrected chi connectivity index (χ2v) is 5.03. The Hall–Kier alpha value is -2.61. The van der Waals surface area contributed by atoms with Crippen LogP contribution in [0.25, 0.3) is 0 Å². The number of amides is 1. The summed E-state index contributed by atoms with van der Waals surface area (Å²) in [7, 11) is 1.69. The summed E-state index contributed by atoms with van der Waals surface area (Å²) in [5.74, 6) is 5.60. The molecule has 0 aliphatic rings. The van der Waals surface area contributed by atoms with Gasteiger partial charge in [0.2, 0.25) is 5.91 Å². The number of ether oxygens (including phenoxy) is 1. The van der Waals surface area contributed by atoms with E-state index in [4.69, 9.17) is 10.5 Å². The van der Waals surface area contributed by atoms with Gasteiger partial charge in [0.05, 0.1) is 12.2 Å². The normalized spacial score (nSPS) is 9.96. The van der Waals surface area contributed by atoms with E-state index in [0.717, 1.165) is 18.7 Å². The van der Waals surface area contributed by atoms with Crippen molar-refractivity contribution in [2.75, 3.05) is 20.3 Å². The van der Waals surface area contributed by atoms with Crippen molar-refractivity contribution in [3.8, 4) is 11.8 Å². The molecule has 4 nitrogen and oxygen atoms in total. The molecule has 0 aromatic heterocycles. The van der Waals surface area contributed by atoms with E-state index in [0.29, 0.717) is 17.7 Å². The van der Waals surface area contributed by atoms with E-state index in [9.17, 15) is 4.79 Å². The minimum absolute atomic E-state index is 0.443. The number of nitrogens with one attached hydrogen (secondary N) is 1. The van der Waals surface area contributed by atoms with Crippen LogP contribution in [0.3, 0.4) is 0 Å². The molecule has 0 saturated carbocycles. The van der Waals surface area contributed by atoms with Gasteiger partial charge in [-0.3, -0.25) is 4.79 Å². The maximum Gasteiger partial charge on any atom is 0.249 e. The molecule has 0 aliphatic carbocycles. The first kappa shape index (κ1) is 16.8. The van der Waals surface area contributed by atoms with E-state index in [1.165, 1.54) is 5.56 Å². The zero-order valence-electron chi connectivity index (χ0n) is 13.1. The van der Waals surface area contributed by atoms with Gasteiger partial charge in [0.1, 0.15) is 0 Å². The highest BCUT2D eigenvalue weighted by molar-refractivity contribution is 5.95. The van der Waals surface area contributed by atoms with Crippen molar-refractivity contribution in [1.29, 1.82) is 0 Å². The van der Waals surface area contributed by atoms with Crippen LogP contribution in [0.1, 0.15) is 27.0 Å². The average molecular weight is 308 g/mol. The number of rotatable bonds is 6. The van der Waals surface area contributed by atoms with Gasteiger partial charge in [0.15, 0.2) is 0 Å². The van der Waals surface area contributed by atoms with Crippen LogP contribution in [0.2, 0.25) is 0 Å². The van der Waals surface area contributed by atoms with Crippen LogP contribution in [0.4, 0.5) is 0 Å². The molecule has 1 amide bonds. The Kier molecular flexibility index (Phi) is 6.37. The fourth-order valence-corrected chi connectivity index (χ4v) is 2.06. The van der Waals surface area contributed by atoms with Gasteiger partial charge in [0, 0.05) is 31.3 Å². The highest BCUT2D eigenvalue weighted by atomic mass is 16.5. The average Bonchev–Trinajstić information content (AvgIpc) is 2.58. The summed E-state index contributed by atoms with van der Waals surface area (Å²) in [5, 5.41) is 3.29. The fraction of sp³-hybridized carbons (Fsp3) is 0.211. The van der Waals surface area contributed by atoms with Gasteiger partial charge >= 0.3 is 0 Å². The summed E-state index contributed by atoms with van der Waals surface area (Å²) in [4.78, 5) is 11.4. The number of nitrogens with two attached hydrogens (primary N) is 1. The number of carbonyl (C=O) groups is 1. The molecule has 0 unspecified atom stereocenters. The lowest BCUT2D eigenvalue weighted by atomic mass is 10.1. The second-order valence-electron chi connectivity index (χ2n) is 5.03. The predicted molar refractivity (Wildman–Crippen MR) is 91.0 cm³/mol. The van der Waals surface area contributed by atoms with Crippen LogP contribution in [0.15, 0.2) is 48.5 Å². The molecule has 0 radical (unpaired) electrons. The van der Waals surface area contributed by atoms with E-state index in [2.05, 4.69) is 17.2 Å². The molecule has 2 aromatic rings. The Labute approximate surface area is 136 Å². The number of methoxy groups -OCH3 is 1. The van der Waals surface area contributed by atoms with Crippen LogP contribution in [0, 0.1) is 11.8 Å². The van der Waals surface area contributed by atoms with Crippen molar-refractivity contribution >= 4 is 5.91 Å². The first-order chi connectivity index (χ1) is 11.2. The van der Waals surface area contributed by atoms with Crippen LogP contribution < -0.4 is 11.1 Å². The molecule has 2 rings (SSSR count). The van der Waals surface area contributed by atoms with Gasteiger partial charge in [-0.05, 0) is 29.8 Å². The number of benzene rings is 2. The Bertz CT molecular complexity index is 712. The molecule has 0 spiro atoms. The molecule has 0 saturated heterocycles. The summed E-state index contributed by atoms with van der Waals surface area (Å²) in [6.07, 6.45) is 0. The largest absolute Gasteiger partial charge is 0.383 e. The highest BCUT2D eigenvalue weighted by Gasteiger charge is 2.04. The minimum atomic E-state index is -0.465. The molecule has 3 N–H and O–H groups in total. The van der Waals surface area contributed by atoms with E-state index < -0.39 is 5.91 Å². The molecular weight excluding hydrogens is 288 g/mol. The third kappa shape index (κ3) is 5.26. The van der Waals surface area contributed by atoms with E-state index in [1.807, 2.05) is 30.3 Å². The molecule has 0 fully saturated rings. The summed E-state index contributed by atoms with van der Waals surface area (Å²) in [5.41, 5.74) is 8.51. The third-order valence-electron chi connectivity index (χ3n) is 3.30. The maximum absolute atomic E-state index is 11.4. The number of hydrogen-bond acceptors (Lipinski definition) is 3. The quantitative estimate of drug-likeness (QED) is 0.633. The molecule has 118 valence electrons. The molecule has 0 heterocycles. The molecule has 0 bridgehead atoms. The molecular formula is C19H20N2O2. The standard InChI is InChI=1S/C19H20N2O2/c1-23-13-12-21-14-16-8-6-15(7-9-16)10-11-17-4-2-3-5-18(17)19(20)22/h2-9,21H,12-14H2,1H3,(H2,20,22). The third-order valence-corrected chi connectivity index (χ3v) is 3.30. The lowest BCUT2D eigenvalue weighted by Crippen LogP contribution is -2.18. The lowest BCUT2D eigenvalue weighted by Gasteiger charge is -2.04. The Balaban J connectivity index is 2.03. The van der Waals surface area contributed by atoms with Crippen molar-refractivity contribution in [3.05, 3.63) is 70.8 Å². The molecule has 2 aromatic carbocycles. The van der Waals surface area contributed by atoms with Crippen LogP contribution in [-0.2, 0) is 11.3 Å². The maximum atomic E-state index is 11.4. The smallest absolute Gasteiger partial charge is 0.249 e. The van der Waals surface area contributed by atoms with Gasteiger partial charge in [-0.1, -0.05) is 36.1 Å². The topological polar surface area (TPSA) is 64.3 Å². The van der Waals surface area contributed by atoms with Crippen molar-refractivity contribution in [2.45, 2.75) is 6.54 Å². The SMILES string of the molecule is COCCNCc1ccc(C#Cc2ccccc2C(N)=O)cc1. The predicted octanol–water partition coefficient (Wildman–Crippen LogP) is 1.92. The van der Waals surface area contributed by atoms with Crippen molar-refractivity contribution in [1.82, 2.24) is 5.32 Å². The Morgan fingerprint density at radius 1 is 1.13 bits per heavy atom. The summed E-state index contributed by atoms with van der Waals surface area (Å²) in [6, 6.07) is 15.1. The van der Waals surface area contributed by atoms with Crippen molar-refractivity contribution < 1.29 is 9.53 Å². The van der Waals surface area contributed by atoms with Gasteiger partial charge in [-0.2, -0.15) is 0 Å². The fourth-order valence-electron chi connectivity index (χ4n) is 2.06. The van der Waals surface area contributed by atoms with Crippen LogP contribution >= 0.6 is 0 Å². The Morgan fingerprint density at radius 2 is 1.87 bits per heavy atom. The highest BCUT2D eigenvalue weighted by Crippen LogP contribution is 2.07. The first-order valence-corrected chi connectivity index (χ1v) is 7.40. The van der Waals surface area contributed by atoms with Gasteiger partial charge in [-0.25, -0.2) is 0 Å². The molecule has 23 heavy (non-hydrogen) atoms. The molecule has 0 atom stereocenters. The summed E-state index contributed by atoms with van der Waals surface area (Å²) in [6.45, 7) is 2.31. The minimum Gasteiger partial charge on any atom is -0.383 e. The van der Waals surface area contributed by atoms with Crippen LogP contribution in [0.5, 0.6) is 0 Å². The van der Waals surface area contributed by atoms with Gasteiger partial charge in [-0.15, -0.1) is 0 Å². The monoisotopic (exact) mass is 308 g/mol. The van der Waals surface area contributed by atoms with Crippen molar-refractivity contribution in [3.63, 3.8) is 0 Å². The zero-order valence-corrected chi connectivity index (χ0v) is 13.1. The van der Waals surface area contributed by atoms with E-state index in [1.54, 1.807) is 25.3 Å². The number of hydrogen-bond donors (Lipinski definition) is 2. The first-order valence-electron chi connectivity index (χ1n) is 7.40. The lowest BCUT2D eigenvalue weighted by molar-refractivity contribution is 0.1000. The zero-order chi connectivity index (χ0) is 16.5. The molecule has 0 aliphatic heterocycles. The second kappa shape index (κ2) is 8.74. The number of carbonyl (C=O) groups excluding carboxylic acids is 1. The van der Waals surface area contributed by atoms with Gasteiger partial charge < -0.3 is 15.8 Å². The van der Waals surface area contributed by atoms with E-state index >= 15 is 0 Å². The molecule has 4 heteroatoms.